The molecule has 0 saturated carbocycles. The van der Waals surface area contributed by atoms with E-state index in [1.807, 2.05) is 0 Å². The minimum Gasteiger partial charge on any atom is -0.298 e. The van der Waals surface area contributed by atoms with Crippen LogP contribution in [0.1, 0.15) is 10.4 Å². The zero-order chi connectivity index (χ0) is 12.6. The summed E-state index contributed by atoms with van der Waals surface area (Å²) >= 11 is 3.17. The number of nitrogens with zero attached hydrogens (tertiary/aromatic N) is 2. The van der Waals surface area contributed by atoms with Crippen LogP contribution in [-0.4, -0.2) is 16.1 Å². The van der Waals surface area contributed by atoms with Gasteiger partial charge in [-0.1, -0.05) is 0 Å². The van der Waals surface area contributed by atoms with Gasteiger partial charge in [0.15, 0.2) is 6.29 Å². The van der Waals surface area contributed by atoms with Gasteiger partial charge in [0.1, 0.15) is 21.9 Å². The monoisotopic (exact) mass is 300 g/mol. The Morgan fingerprint density at radius 2 is 2.12 bits per heavy atom. The van der Waals surface area contributed by atoms with Crippen LogP contribution in [0.15, 0.2) is 22.8 Å². The maximum atomic E-state index is 13.6. The van der Waals surface area contributed by atoms with E-state index in [1.54, 1.807) is 7.05 Å². The first-order chi connectivity index (χ1) is 8.04. The van der Waals surface area contributed by atoms with Gasteiger partial charge in [0, 0.05) is 18.7 Å². The highest BCUT2D eigenvalue weighted by Gasteiger charge is 2.18. The summed E-state index contributed by atoms with van der Waals surface area (Å²) in [7, 11) is 1.61. The molecule has 6 heteroatoms. The minimum absolute atomic E-state index is 0.0924. The Morgan fingerprint density at radius 3 is 2.71 bits per heavy atom. The number of rotatable bonds is 2. The van der Waals surface area contributed by atoms with Gasteiger partial charge in [0.05, 0.1) is 5.56 Å². The van der Waals surface area contributed by atoms with Crippen molar-refractivity contribution in [2.75, 3.05) is 0 Å². The molecule has 0 fully saturated rings. The van der Waals surface area contributed by atoms with E-state index in [9.17, 15) is 13.6 Å². The van der Waals surface area contributed by atoms with E-state index < -0.39 is 11.6 Å². The Hall–Kier alpha value is -1.56. The summed E-state index contributed by atoms with van der Waals surface area (Å²) in [5.74, 6) is -1.42. The summed E-state index contributed by atoms with van der Waals surface area (Å²) in [5.41, 5.74) is 0.514. The number of hydrogen-bond acceptors (Lipinski definition) is 2. The fraction of sp³-hybridized carbons (Fsp3) is 0.0909. The second kappa shape index (κ2) is 4.37. The largest absolute Gasteiger partial charge is 0.298 e. The lowest BCUT2D eigenvalue weighted by Crippen LogP contribution is -1.92. The molecule has 0 N–H and O–H groups in total. The Morgan fingerprint density at radius 1 is 1.41 bits per heavy atom. The molecule has 0 saturated heterocycles. The SMILES string of the molecule is Cn1nc(-c2ccc(F)cc2F)c(C=O)c1Br. The lowest BCUT2D eigenvalue weighted by atomic mass is 10.1. The number of hydrogen-bond donors (Lipinski definition) is 0. The van der Waals surface area contributed by atoms with Crippen molar-refractivity contribution in [1.82, 2.24) is 9.78 Å². The number of carbonyl (C=O) groups excluding carboxylic acids is 1. The van der Waals surface area contributed by atoms with Gasteiger partial charge in [0.2, 0.25) is 0 Å². The van der Waals surface area contributed by atoms with Crippen LogP contribution in [0.2, 0.25) is 0 Å². The fourth-order valence-electron chi connectivity index (χ4n) is 1.50. The van der Waals surface area contributed by atoms with Crippen molar-refractivity contribution in [2.45, 2.75) is 0 Å². The molecule has 0 amide bonds. The molecule has 88 valence electrons. The summed E-state index contributed by atoms with van der Waals surface area (Å²) in [6, 6.07) is 3.13. The van der Waals surface area contributed by atoms with Crippen molar-refractivity contribution in [3.8, 4) is 11.3 Å². The van der Waals surface area contributed by atoms with Crippen LogP contribution in [0.4, 0.5) is 8.78 Å². The fourth-order valence-corrected chi connectivity index (χ4v) is 1.87. The van der Waals surface area contributed by atoms with Crippen LogP contribution >= 0.6 is 15.9 Å². The van der Waals surface area contributed by atoms with Crippen molar-refractivity contribution in [3.63, 3.8) is 0 Å². The number of aldehydes is 1. The van der Waals surface area contributed by atoms with E-state index in [4.69, 9.17) is 0 Å². The van der Waals surface area contributed by atoms with E-state index in [-0.39, 0.29) is 16.8 Å². The van der Waals surface area contributed by atoms with Gasteiger partial charge in [-0.3, -0.25) is 9.48 Å². The summed E-state index contributed by atoms with van der Waals surface area (Å²) in [4.78, 5) is 10.9. The third kappa shape index (κ3) is 2.00. The Labute approximate surface area is 104 Å². The van der Waals surface area contributed by atoms with Crippen LogP contribution in [-0.2, 0) is 7.05 Å². The smallest absolute Gasteiger partial charge is 0.155 e. The topological polar surface area (TPSA) is 34.9 Å². The number of aromatic nitrogens is 2. The molecule has 0 aliphatic heterocycles. The summed E-state index contributed by atoms with van der Waals surface area (Å²) < 4.78 is 28.2. The Bertz CT molecular complexity index is 595. The molecule has 0 atom stereocenters. The van der Waals surface area contributed by atoms with E-state index in [0.717, 1.165) is 12.1 Å². The predicted octanol–water partition coefficient (Wildman–Crippen LogP) is 2.94. The summed E-state index contributed by atoms with van der Waals surface area (Å²) in [6.07, 6.45) is 0.579. The van der Waals surface area contributed by atoms with E-state index in [1.165, 1.54) is 10.7 Å². The van der Waals surface area contributed by atoms with Gasteiger partial charge in [-0.2, -0.15) is 5.10 Å². The van der Waals surface area contributed by atoms with Gasteiger partial charge in [-0.05, 0) is 28.1 Å². The van der Waals surface area contributed by atoms with Gasteiger partial charge >= 0.3 is 0 Å². The first-order valence-electron chi connectivity index (χ1n) is 4.67. The maximum Gasteiger partial charge on any atom is 0.155 e. The molecule has 0 bridgehead atoms. The zero-order valence-electron chi connectivity index (χ0n) is 8.75. The first kappa shape index (κ1) is 11.9. The number of halogens is 3. The Kier molecular flexibility index (Phi) is 3.06. The average Bonchev–Trinajstić information content (AvgIpc) is 2.55. The van der Waals surface area contributed by atoms with Crippen molar-refractivity contribution < 1.29 is 13.6 Å². The van der Waals surface area contributed by atoms with Crippen molar-refractivity contribution in [2.24, 2.45) is 7.05 Å². The average molecular weight is 301 g/mol. The molecular weight excluding hydrogens is 294 g/mol. The molecule has 2 aromatic rings. The first-order valence-corrected chi connectivity index (χ1v) is 5.47. The lowest BCUT2D eigenvalue weighted by Gasteiger charge is -2.00. The highest BCUT2D eigenvalue weighted by molar-refractivity contribution is 9.10. The zero-order valence-corrected chi connectivity index (χ0v) is 10.3. The van der Waals surface area contributed by atoms with Crippen LogP contribution in [0.3, 0.4) is 0 Å². The normalized spacial score (nSPS) is 10.6. The summed E-state index contributed by atoms with van der Waals surface area (Å²) in [6.45, 7) is 0. The van der Waals surface area contributed by atoms with Crippen molar-refractivity contribution >= 4 is 22.2 Å². The van der Waals surface area contributed by atoms with Gasteiger partial charge < -0.3 is 0 Å². The molecule has 1 aromatic carbocycles. The minimum atomic E-state index is -0.751. The molecule has 1 heterocycles. The molecular formula is C11H7BrF2N2O. The number of aryl methyl sites for hydroxylation is 1. The third-order valence-corrected chi connectivity index (χ3v) is 3.26. The van der Waals surface area contributed by atoms with E-state index >= 15 is 0 Å². The van der Waals surface area contributed by atoms with Crippen molar-refractivity contribution in [1.29, 1.82) is 0 Å². The van der Waals surface area contributed by atoms with E-state index in [0.29, 0.717) is 10.9 Å². The molecule has 0 aliphatic carbocycles. The Balaban J connectivity index is 2.68. The van der Waals surface area contributed by atoms with Crippen LogP contribution in [0.5, 0.6) is 0 Å². The van der Waals surface area contributed by atoms with Crippen LogP contribution < -0.4 is 0 Å². The van der Waals surface area contributed by atoms with Gasteiger partial charge in [-0.25, -0.2) is 8.78 Å². The second-order valence-corrected chi connectivity index (χ2v) is 4.17. The molecule has 0 aliphatic rings. The van der Waals surface area contributed by atoms with Gasteiger partial charge in [0.25, 0.3) is 0 Å². The maximum absolute atomic E-state index is 13.6. The third-order valence-electron chi connectivity index (χ3n) is 2.32. The second-order valence-electron chi connectivity index (χ2n) is 3.42. The van der Waals surface area contributed by atoms with Crippen LogP contribution in [0.25, 0.3) is 11.3 Å². The predicted molar refractivity (Wildman–Crippen MR) is 61.6 cm³/mol. The highest BCUT2D eigenvalue weighted by Crippen LogP contribution is 2.29. The molecule has 0 radical (unpaired) electrons. The lowest BCUT2D eigenvalue weighted by molar-refractivity contribution is 0.112. The number of benzene rings is 1. The highest BCUT2D eigenvalue weighted by atomic mass is 79.9. The molecule has 3 nitrogen and oxygen atoms in total. The molecule has 0 spiro atoms. The molecule has 2 rings (SSSR count). The molecule has 0 unspecified atom stereocenters. The van der Waals surface area contributed by atoms with Crippen LogP contribution in [0, 0.1) is 11.6 Å². The summed E-state index contributed by atoms with van der Waals surface area (Å²) in [5, 5.41) is 4.02. The van der Waals surface area contributed by atoms with Gasteiger partial charge in [-0.15, -0.1) is 0 Å². The van der Waals surface area contributed by atoms with E-state index in [2.05, 4.69) is 21.0 Å². The molecule has 17 heavy (non-hydrogen) atoms. The van der Waals surface area contributed by atoms with Crippen molar-refractivity contribution in [3.05, 3.63) is 40.0 Å². The molecule has 1 aromatic heterocycles. The standard InChI is InChI=1S/C11H7BrF2N2O/c1-16-11(12)8(5-17)10(15-16)7-3-2-6(13)4-9(7)14/h2-5H,1H3. The quantitative estimate of drug-likeness (QED) is 0.799. The number of carbonyl (C=O) groups is 1.